The smallest absolute Gasteiger partial charge is 0.277 e. The van der Waals surface area contributed by atoms with Gasteiger partial charge in [-0.2, -0.15) is 0 Å². The highest BCUT2D eigenvalue weighted by Gasteiger charge is 2.26. The summed E-state index contributed by atoms with van der Waals surface area (Å²) in [7, 11) is 0. The lowest BCUT2D eigenvalue weighted by Crippen LogP contribution is -2.39. The number of anilines is 1. The molecule has 0 spiro atoms. The monoisotopic (exact) mass is 505 g/mol. The zero-order valence-electron chi connectivity index (χ0n) is 17.9. The summed E-state index contributed by atoms with van der Waals surface area (Å²) in [5, 5.41) is 23.5. The second-order valence-corrected chi connectivity index (χ2v) is 9.07. The second-order valence-electron chi connectivity index (χ2n) is 7.63. The van der Waals surface area contributed by atoms with Crippen molar-refractivity contribution in [1.29, 1.82) is 0 Å². The molecular weight excluding hydrogens is 486 g/mol. The third kappa shape index (κ3) is 5.47. The Morgan fingerprint density at radius 1 is 1.12 bits per heavy atom. The summed E-state index contributed by atoms with van der Waals surface area (Å²) in [5.74, 6) is -0.598. The van der Waals surface area contributed by atoms with Crippen molar-refractivity contribution in [2.24, 2.45) is 0 Å². The number of amides is 1. The van der Waals surface area contributed by atoms with E-state index < -0.39 is 27.1 Å². The molecule has 0 N–H and O–H groups in total. The number of carbonyl (C=O) groups is 1. The first-order chi connectivity index (χ1) is 16.3. The van der Waals surface area contributed by atoms with E-state index in [9.17, 15) is 25.0 Å². The molecule has 178 valence electrons. The van der Waals surface area contributed by atoms with E-state index in [1.54, 1.807) is 18.2 Å². The van der Waals surface area contributed by atoms with Gasteiger partial charge in [-0.1, -0.05) is 22.9 Å². The molecule has 34 heavy (non-hydrogen) atoms. The summed E-state index contributed by atoms with van der Waals surface area (Å²) in [6, 6.07) is 8.11. The Hall–Kier alpha value is -3.19. The van der Waals surface area contributed by atoms with E-state index >= 15 is 0 Å². The SMILES string of the molecule is O=C(c1cc([N+](=O)[O-])cc([N+](=O)[O-])c1)N(CCCN1CCOCC1)c1nc2ccc(Cl)cc2s1. The Bertz CT molecular complexity index is 1210. The fourth-order valence-corrected chi connectivity index (χ4v) is 4.91. The van der Waals surface area contributed by atoms with E-state index in [0.717, 1.165) is 42.5 Å². The van der Waals surface area contributed by atoms with Crippen LogP contribution in [-0.2, 0) is 4.74 Å². The van der Waals surface area contributed by atoms with Crippen LogP contribution in [0.4, 0.5) is 16.5 Å². The fraction of sp³-hybridized carbons (Fsp3) is 0.333. The highest BCUT2D eigenvalue weighted by atomic mass is 35.5. The third-order valence-corrected chi connectivity index (χ3v) is 6.62. The van der Waals surface area contributed by atoms with Crippen molar-refractivity contribution in [2.75, 3.05) is 44.3 Å². The first-order valence-electron chi connectivity index (χ1n) is 10.4. The van der Waals surface area contributed by atoms with Crippen LogP contribution >= 0.6 is 22.9 Å². The number of non-ortho nitro benzene ring substituents is 2. The van der Waals surface area contributed by atoms with Crippen LogP contribution in [0.3, 0.4) is 0 Å². The molecule has 1 fully saturated rings. The molecule has 11 nitrogen and oxygen atoms in total. The molecule has 1 saturated heterocycles. The second kappa shape index (κ2) is 10.4. The van der Waals surface area contributed by atoms with Crippen molar-refractivity contribution in [3.05, 3.63) is 67.2 Å². The van der Waals surface area contributed by atoms with E-state index in [2.05, 4.69) is 9.88 Å². The topological polar surface area (TPSA) is 132 Å². The standard InChI is InChI=1S/C21H20ClN5O6S/c22-15-2-3-18-19(12-15)34-21(23-18)25(5-1-4-24-6-8-33-9-7-24)20(28)14-10-16(26(29)30)13-17(11-14)27(31)32/h2-3,10-13H,1,4-9H2. The van der Waals surface area contributed by atoms with Crippen molar-refractivity contribution in [1.82, 2.24) is 9.88 Å². The van der Waals surface area contributed by atoms with Crippen molar-refractivity contribution in [3.8, 4) is 0 Å². The maximum absolute atomic E-state index is 13.5. The van der Waals surface area contributed by atoms with Crippen LogP contribution in [-0.4, -0.2) is 65.0 Å². The molecule has 0 bridgehead atoms. The molecule has 0 radical (unpaired) electrons. The molecule has 1 aromatic heterocycles. The van der Waals surface area contributed by atoms with Crippen LogP contribution in [0.1, 0.15) is 16.8 Å². The summed E-state index contributed by atoms with van der Waals surface area (Å²) in [5.41, 5.74) is -0.547. The van der Waals surface area contributed by atoms with E-state index in [-0.39, 0.29) is 12.1 Å². The molecule has 0 unspecified atom stereocenters. The minimum absolute atomic E-state index is 0.149. The molecule has 1 aliphatic heterocycles. The zero-order valence-corrected chi connectivity index (χ0v) is 19.5. The van der Waals surface area contributed by atoms with Gasteiger partial charge in [-0.15, -0.1) is 0 Å². The quantitative estimate of drug-likeness (QED) is 0.329. The predicted molar refractivity (Wildman–Crippen MR) is 128 cm³/mol. The van der Waals surface area contributed by atoms with Crippen LogP contribution in [0.15, 0.2) is 36.4 Å². The third-order valence-electron chi connectivity index (χ3n) is 5.35. The van der Waals surface area contributed by atoms with Gasteiger partial charge in [0.1, 0.15) is 0 Å². The number of carbonyl (C=O) groups excluding carboxylic acids is 1. The van der Waals surface area contributed by atoms with Gasteiger partial charge in [0.05, 0.1) is 44.9 Å². The van der Waals surface area contributed by atoms with Crippen molar-refractivity contribution in [2.45, 2.75) is 6.42 Å². The maximum Gasteiger partial charge on any atom is 0.277 e. The minimum atomic E-state index is -0.758. The van der Waals surface area contributed by atoms with Gasteiger partial charge in [-0.25, -0.2) is 4.98 Å². The average molecular weight is 506 g/mol. The largest absolute Gasteiger partial charge is 0.379 e. The highest BCUT2D eigenvalue weighted by molar-refractivity contribution is 7.22. The van der Waals surface area contributed by atoms with Gasteiger partial charge in [-0.3, -0.25) is 34.8 Å². The van der Waals surface area contributed by atoms with Crippen LogP contribution < -0.4 is 4.90 Å². The summed E-state index contributed by atoms with van der Waals surface area (Å²) >= 11 is 7.34. The zero-order chi connectivity index (χ0) is 24.2. The molecule has 2 aromatic carbocycles. The molecule has 4 rings (SSSR count). The van der Waals surface area contributed by atoms with Gasteiger partial charge in [0.15, 0.2) is 5.13 Å². The normalized spacial score (nSPS) is 14.3. The molecule has 2 heterocycles. The van der Waals surface area contributed by atoms with Crippen LogP contribution in [0.2, 0.25) is 5.02 Å². The lowest BCUT2D eigenvalue weighted by Gasteiger charge is -2.27. The van der Waals surface area contributed by atoms with E-state index in [1.807, 2.05) is 0 Å². The van der Waals surface area contributed by atoms with Gasteiger partial charge in [0, 0.05) is 43.3 Å². The number of nitro benzene ring substituents is 2. The molecule has 3 aromatic rings. The summed E-state index contributed by atoms with van der Waals surface area (Å²) in [4.78, 5) is 42.8. The molecule has 1 aliphatic rings. The molecule has 1 amide bonds. The number of nitrogens with zero attached hydrogens (tertiary/aromatic N) is 5. The van der Waals surface area contributed by atoms with Gasteiger partial charge in [0.25, 0.3) is 17.3 Å². The lowest BCUT2D eigenvalue weighted by atomic mass is 10.1. The molecule has 0 aliphatic carbocycles. The number of nitro groups is 2. The number of thiazole rings is 1. The number of hydrogen-bond donors (Lipinski definition) is 0. The lowest BCUT2D eigenvalue weighted by molar-refractivity contribution is -0.394. The van der Waals surface area contributed by atoms with Gasteiger partial charge in [0.2, 0.25) is 0 Å². The first-order valence-corrected chi connectivity index (χ1v) is 11.6. The predicted octanol–water partition coefficient (Wildman–Crippen LogP) is 4.14. The number of rotatable bonds is 8. The van der Waals surface area contributed by atoms with Crippen LogP contribution in [0.5, 0.6) is 0 Å². The van der Waals surface area contributed by atoms with E-state index in [4.69, 9.17) is 16.3 Å². The van der Waals surface area contributed by atoms with E-state index in [0.29, 0.717) is 35.3 Å². The number of hydrogen-bond acceptors (Lipinski definition) is 9. The number of halogens is 1. The molecule has 0 saturated carbocycles. The van der Waals surface area contributed by atoms with E-state index in [1.165, 1.54) is 16.2 Å². The Balaban J connectivity index is 1.66. The van der Waals surface area contributed by atoms with Gasteiger partial charge < -0.3 is 4.74 Å². The van der Waals surface area contributed by atoms with Crippen molar-refractivity contribution in [3.63, 3.8) is 0 Å². The molecule has 13 heteroatoms. The summed E-state index contributed by atoms with van der Waals surface area (Å²) < 4.78 is 6.14. The van der Waals surface area contributed by atoms with Crippen molar-refractivity contribution < 1.29 is 19.4 Å². The number of fused-ring (bicyclic) bond motifs is 1. The van der Waals surface area contributed by atoms with Gasteiger partial charge >= 0.3 is 0 Å². The molecular formula is C21H20ClN5O6S. The van der Waals surface area contributed by atoms with Crippen molar-refractivity contribution >= 4 is 55.6 Å². The Morgan fingerprint density at radius 2 is 1.79 bits per heavy atom. The number of aromatic nitrogens is 1. The molecule has 0 atom stereocenters. The summed E-state index contributed by atoms with van der Waals surface area (Å²) in [6.45, 7) is 3.89. The Morgan fingerprint density at radius 3 is 2.44 bits per heavy atom. The summed E-state index contributed by atoms with van der Waals surface area (Å²) in [6.07, 6.45) is 0.611. The van der Waals surface area contributed by atoms with Gasteiger partial charge in [-0.05, 0) is 24.6 Å². The number of benzene rings is 2. The minimum Gasteiger partial charge on any atom is -0.379 e. The highest BCUT2D eigenvalue weighted by Crippen LogP contribution is 2.32. The average Bonchev–Trinajstić information content (AvgIpc) is 3.24. The fourth-order valence-electron chi connectivity index (χ4n) is 3.65. The first kappa shape index (κ1) is 24.0. The maximum atomic E-state index is 13.5. The van der Waals surface area contributed by atoms with Crippen LogP contribution in [0.25, 0.3) is 10.2 Å². The number of ether oxygens (including phenoxy) is 1. The van der Waals surface area contributed by atoms with Crippen LogP contribution in [0, 0.1) is 20.2 Å². The number of morpholine rings is 1. The Labute approximate surface area is 202 Å². The Kier molecular flexibility index (Phi) is 7.32.